The summed E-state index contributed by atoms with van der Waals surface area (Å²) in [5.41, 5.74) is 3.47. The molecular weight excluding hydrogens is 244 g/mol. The fraction of sp³-hybridized carbons (Fsp3) is 0.667. The Bertz CT molecular complexity index is 438. The summed E-state index contributed by atoms with van der Waals surface area (Å²) in [6.45, 7) is 4.79. The molecule has 1 aliphatic heterocycles. The quantitative estimate of drug-likeness (QED) is 0.890. The van der Waals surface area contributed by atoms with Crippen molar-refractivity contribution in [3.8, 4) is 0 Å². The third kappa shape index (κ3) is 2.71. The molecule has 1 saturated carbocycles. The van der Waals surface area contributed by atoms with Gasteiger partial charge in [0.05, 0.1) is 0 Å². The molecule has 2 heteroatoms. The summed E-state index contributed by atoms with van der Waals surface area (Å²) >= 11 is 0. The van der Waals surface area contributed by atoms with Crippen LogP contribution in [-0.2, 0) is 0 Å². The molecule has 3 rings (SSSR count). The maximum Gasteiger partial charge on any atom is 0.0369 e. The highest BCUT2D eigenvalue weighted by molar-refractivity contribution is 5.52. The lowest BCUT2D eigenvalue weighted by molar-refractivity contribution is 0.180. The van der Waals surface area contributed by atoms with Crippen LogP contribution in [-0.4, -0.2) is 20.1 Å². The lowest BCUT2D eigenvalue weighted by Gasteiger charge is -2.52. The molecule has 1 saturated heterocycles. The Labute approximate surface area is 123 Å². The molecule has 1 spiro atoms. The molecule has 2 aliphatic rings. The van der Waals surface area contributed by atoms with Gasteiger partial charge in [-0.05, 0) is 44.5 Å². The van der Waals surface area contributed by atoms with E-state index in [-0.39, 0.29) is 0 Å². The topological polar surface area (TPSA) is 15.3 Å². The van der Waals surface area contributed by atoms with Crippen LogP contribution in [0, 0.1) is 5.41 Å². The van der Waals surface area contributed by atoms with Crippen LogP contribution < -0.4 is 10.2 Å². The predicted octanol–water partition coefficient (Wildman–Crippen LogP) is 4.13. The van der Waals surface area contributed by atoms with Crippen LogP contribution >= 0.6 is 0 Å². The van der Waals surface area contributed by atoms with E-state index >= 15 is 0 Å². The second-order valence-corrected chi connectivity index (χ2v) is 6.88. The van der Waals surface area contributed by atoms with Crippen molar-refractivity contribution in [2.24, 2.45) is 5.41 Å². The molecule has 0 bridgehead atoms. The number of anilines is 1. The van der Waals surface area contributed by atoms with Crippen LogP contribution in [0.3, 0.4) is 0 Å². The Morgan fingerprint density at radius 1 is 1.10 bits per heavy atom. The minimum absolute atomic E-state index is 0.433. The first kappa shape index (κ1) is 13.9. The van der Waals surface area contributed by atoms with Crippen molar-refractivity contribution in [2.45, 2.75) is 51.5 Å². The van der Waals surface area contributed by atoms with E-state index in [9.17, 15) is 0 Å². The molecule has 0 radical (unpaired) electrons. The Balaban J connectivity index is 1.67. The minimum Gasteiger partial charge on any atom is -0.370 e. The van der Waals surface area contributed by atoms with Crippen molar-refractivity contribution >= 4 is 5.69 Å². The van der Waals surface area contributed by atoms with Crippen molar-refractivity contribution < 1.29 is 0 Å². The third-order valence-electron chi connectivity index (χ3n) is 5.39. The molecule has 2 nitrogen and oxygen atoms in total. The second-order valence-electron chi connectivity index (χ2n) is 6.88. The van der Waals surface area contributed by atoms with E-state index in [4.69, 9.17) is 0 Å². The van der Waals surface area contributed by atoms with Gasteiger partial charge in [0.1, 0.15) is 0 Å². The highest BCUT2D eigenvalue weighted by atomic mass is 15.2. The first-order chi connectivity index (χ1) is 9.72. The fourth-order valence-electron chi connectivity index (χ4n) is 3.90. The van der Waals surface area contributed by atoms with Crippen molar-refractivity contribution in [1.29, 1.82) is 0 Å². The van der Waals surface area contributed by atoms with E-state index in [2.05, 4.69) is 41.4 Å². The lowest BCUT2D eigenvalue weighted by Crippen LogP contribution is -2.56. The smallest absolute Gasteiger partial charge is 0.0369 e. The van der Waals surface area contributed by atoms with Gasteiger partial charge in [-0.1, -0.05) is 37.8 Å². The molecule has 2 fully saturated rings. The minimum atomic E-state index is 0.433. The van der Waals surface area contributed by atoms with Gasteiger partial charge in [0.15, 0.2) is 0 Å². The van der Waals surface area contributed by atoms with Gasteiger partial charge < -0.3 is 10.2 Å². The summed E-state index contributed by atoms with van der Waals surface area (Å²) < 4.78 is 0. The highest BCUT2D eigenvalue weighted by Crippen LogP contribution is 2.44. The lowest BCUT2D eigenvalue weighted by atomic mass is 9.73. The van der Waals surface area contributed by atoms with E-state index in [0.29, 0.717) is 11.5 Å². The van der Waals surface area contributed by atoms with Gasteiger partial charge in [-0.2, -0.15) is 0 Å². The van der Waals surface area contributed by atoms with Crippen LogP contribution in [0.2, 0.25) is 0 Å². The fourth-order valence-corrected chi connectivity index (χ4v) is 3.90. The summed E-state index contributed by atoms with van der Waals surface area (Å²) in [5, 5.41) is 3.33. The number of nitrogens with zero attached hydrogens (tertiary/aromatic N) is 1. The zero-order valence-corrected chi connectivity index (χ0v) is 13.0. The zero-order valence-electron chi connectivity index (χ0n) is 13.0. The second kappa shape index (κ2) is 5.77. The normalized spacial score (nSPS) is 23.2. The molecule has 0 amide bonds. The van der Waals surface area contributed by atoms with Gasteiger partial charge >= 0.3 is 0 Å². The SMILES string of the molecule is CNC(C)c1cccc(N2CC3(CCCCCC3)C2)c1. The van der Waals surface area contributed by atoms with Crippen LogP contribution in [0.1, 0.15) is 57.1 Å². The predicted molar refractivity (Wildman–Crippen MR) is 86.3 cm³/mol. The highest BCUT2D eigenvalue weighted by Gasteiger charge is 2.42. The van der Waals surface area contributed by atoms with Crippen LogP contribution in [0.5, 0.6) is 0 Å². The van der Waals surface area contributed by atoms with E-state index in [0.717, 1.165) is 0 Å². The molecule has 0 aromatic heterocycles. The van der Waals surface area contributed by atoms with E-state index < -0.39 is 0 Å². The van der Waals surface area contributed by atoms with Crippen molar-refractivity contribution in [1.82, 2.24) is 5.32 Å². The molecule has 1 heterocycles. The first-order valence-corrected chi connectivity index (χ1v) is 8.25. The molecule has 1 N–H and O–H groups in total. The maximum absolute atomic E-state index is 3.33. The third-order valence-corrected chi connectivity index (χ3v) is 5.39. The van der Waals surface area contributed by atoms with Gasteiger partial charge in [0.2, 0.25) is 0 Å². The molecule has 20 heavy (non-hydrogen) atoms. The number of hydrogen-bond acceptors (Lipinski definition) is 2. The summed E-state index contributed by atoms with van der Waals surface area (Å²) in [4.78, 5) is 2.58. The number of nitrogens with one attached hydrogen (secondary N) is 1. The Hall–Kier alpha value is -1.02. The molecule has 1 atom stereocenters. The van der Waals surface area contributed by atoms with Crippen LogP contribution in [0.15, 0.2) is 24.3 Å². The summed E-state index contributed by atoms with van der Waals surface area (Å²) in [6, 6.07) is 9.51. The Kier molecular flexibility index (Phi) is 4.02. The number of hydrogen-bond donors (Lipinski definition) is 1. The average molecular weight is 272 g/mol. The van der Waals surface area contributed by atoms with Gasteiger partial charge in [0.25, 0.3) is 0 Å². The van der Waals surface area contributed by atoms with Gasteiger partial charge in [-0.3, -0.25) is 0 Å². The van der Waals surface area contributed by atoms with E-state index in [1.807, 2.05) is 7.05 Å². The monoisotopic (exact) mass is 272 g/mol. The van der Waals surface area contributed by atoms with Gasteiger partial charge in [-0.25, -0.2) is 0 Å². The molecule has 1 aromatic carbocycles. The van der Waals surface area contributed by atoms with E-state index in [1.54, 1.807) is 0 Å². The maximum atomic E-state index is 3.33. The molecule has 1 aromatic rings. The van der Waals surface area contributed by atoms with Crippen LogP contribution in [0.4, 0.5) is 5.69 Å². The number of rotatable bonds is 3. The van der Waals surface area contributed by atoms with Crippen molar-refractivity contribution in [3.05, 3.63) is 29.8 Å². The largest absolute Gasteiger partial charge is 0.370 e. The van der Waals surface area contributed by atoms with Gasteiger partial charge in [0, 0.05) is 30.2 Å². The number of benzene rings is 1. The first-order valence-electron chi connectivity index (χ1n) is 8.25. The standard InChI is InChI=1S/C18H28N2/c1-15(19-2)16-8-7-9-17(12-16)20-13-18(14-20)10-5-3-4-6-11-18/h7-9,12,15,19H,3-6,10-11,13-14H2,1-2H3. The molecular formula is C18H28N2. The summed E-state index contributed by atoms with van der Waals surface area (Å²) in [6.07, 6.45) is 8.72. The molecule has 1 unspecified atom stereocenters. The Morgan fingerprint density at radius 3 is 2.45 bits per heavy atom. The summed E-state index contributed by atoms with van der Waals surface area (Å²) in [7, 11) is 2.03. The molecule has 110 valence electrons. The van der Waals surface area contributed by atoms with Crippen LogP contribution in [0.25, 0.3) is 0 Å². The van der Waals surface area contributed by atoms with Crippen molar-refractivity contribution in [2.75, 3.05) is 25.0 Å². The summed E-state index contributed by atoms with van der Waals surface area (Å²) in [5.74, 6) is 0. The van der Waals surface area contributed by atoms with Gasteiger partial charge in [-0.15, -0.1) is 0 Å². The molecule has 1 aliphatic carbocycles. The average Bonchev–Trinajstić information content (AvgIpc) is 2.71. The van der Waals surface area contributed by atoms with Crippen molar-refractivity contribution in [3.63, 3.8) is 0 Å². The van der Waals surface area contributed by atoms with E-state index in [1.165, 1.54) is 62.9 Å². The zero-order chi connectivity index (χ0) is 14.0. The Morgan fingerprint density at radius 2 is 1.80 bits per heavy atom.